The number of rotatable bonds is 7. The summed E-state index contributed by atoms with van der Waals surface area (Å²) in [5, 5.41) is 7.93. The number of benzene rings is 1. The normalized spacial score (nSPS) is 11.5. The van der Waals surface area contributed by atoms with Crippen molar-refractivity contribution in [2.24, 2.45) is 0 Å². The SMILES string of the molecule is O=S(=O)(CCSc1nnc(-c2ccco2)o1)Oc1ccccc1. The number of furan rings is 1. The second kappa shape index (κ2) is 6.88. The van der Waals surface area contributed by atoms with Gasteiger partial charge in [-0.2, -0.15) is 8.42 Å². The summed E-state index contributed by atoms with van der Waals surface area (Å²) in [6.07, 6.45) is 1.50. The Balaban J connectivity index is 1.53. The van der Waals surface area contributed by atoms with Gasteiger partial charge in [-0.3, -0.25) is 0 Å². The van der Waals surface area contributed by atoms with E-state index in [9.17, 15) is 8.42 Å². The van der Waals surface area contributed by atoms with Crippen molar-refractivity contribution in [2.45, 2.75) is 5.22 Å². The van der Waals surface area contributed by atoms with Crippen molar-refractivity contribution in [1.29, 1.82) is 0 Å². The van der Waals surface area contributed by atoms with Crippen molar-refractivity contribution in [3.63, 3.8) is 0 Å². The molecule has 0 aliphatic heterocycles. The van der Waals surface area contributed by atoms with Crippen molar-refractivity contribution in [3.05, 3.63) is 48.7 Å². The molecular formula is C14H12N2O5S2. The molecule has 0 N–H and O–H groups in total. The van der Waals surface area contributed by atoms with Gasteiger partial charge in [-0.1, -0.05) is 30.0 Å². The lowest BCUT2D eigenvalue weighted by atomic mass is 10.3. The topological polar surface area (TPSA) is 95.4 Å². The van der Waals surface area contributed by atoms with Crippen molar-refractivity contribution in [1.82, 2.24) is 10.2 Å². The van der Waals surface area contributed by atoms with Gasteiger partial charge in [-0.15, -0.1) is 10.2 Å². The molecule has 0 aliphatic rings. The second-order valence-electron chi connectivity index (χ2n) is 4.36. The highest BCUT2D eigenvalue weighted by Gasteiger charge is 2.15. The van der Waals surface area contributed by atoms with Crippen molar-refractivity contribution in [3.8, 4) is 17.4 Å². The molecule has 0 saturated carbocycles. The summed E-state index contributed by atoms with van der Waals surface area (Å²) in [6, 6.07) is 11.8. The molecule has 0 saturated heterocycles. The molecule has 0 spiro atoms. The van der Waals surface area contributed by atoms with Gasteiger partial charge in [0.05, 0.1) is 12.0 Å². The van der Waals surface area contributed by atoms with E-state index in [0.717, 1.165) is 11.8 Å². The Kier molecular flexibility index (Phi) is 4.68. The molecule has 0 aliphatic carbocycles. The van der Waals surface area contributed by atoms with Gasteiger partial charge in [0.2, 0.25) is 0 Å². The van der Waals surface area contributed by atoms with Crippen LogP contribution in [0.5, 0.6) is 5.75 Å². The van der Waals surface area contributed by atoms with Gasteiger partial charge in [-0.25, -0.2) is 0 Å². The van der Waals surface area contributed by atoms with Crippen molar-refractivity contribution >= 4 is 21.9 Å². The van der Waals surface area contributed by atoms with E-state index >= 15 is 0 Å². The molecule has 1 aromatic carbocycles. The molecule has 2 aromatic heterocycles. The number of aromatic nitrogens is 2. The van der Waals surface area contributed by atoms with Gasteiger partial charge in [-0.05, 0) is 24.3 Å². The molecule has 3 aromatic rings. The number of nitrogens with zero attached hydrogens (tertiary/aromatic N) is 2. The fourth-order valence-electron chi connectivity index (χ4n) is 1.66. The predicted octanol–water partition coefficient (Wildman–Crippen LogP) is 2.83. The predicted molar refractivity (Wildman–Crippen MR) is 83.6 cm³/mol. The lowest BCUT2D eigenvalue weighted by Gasteiger charge is -2.05. The Bertz CT molecular complexity index is 844. The number of thioether (sulfide) groups is 1. The van der Waals surface area contributed by atoms with Gasteiger partial charge in [0.1, 0.15) is 5.75 Å². The smallest absolute Gasteiger partial charge is 0.310 e. The highest BCUT2D eigenvalue weighted by molar-refractivity contribution is 8.00. The molecule has 0 radical (unpaired) electrons. The first-order chi connectivity index (χ1) is 11.1. The lowest BCUT2D eigenvalue weighted by molar-refractivity contribution is 0.447. The first-order valence-electron chi connectivity index (χ1n) is 6.60. The number of hydrogen-bond acceptors (Lipinski definition) is 8. The summed E-state index contributed by atoms with van der Waals surface area (Å²) in [4.78, 5) is 0. The minimum absolute atomic E-state index is 0.176. The quantitative estimate of drug-likeness (QED) is 0.473. The molecule has 120 valence electrons. The average Bonchev–Trinajstić information content (AvgIpc) is 3.18. The highest BCUT2D eigenvalue weighted by atomic mass is 32.2. The van der Waals surface area contributed by atoms with E-state index in [-0.39, 0.29) is 28.4 Å². The van der Waals surface area contributed by atoms with Crippen LogP contribution in [0.3, 0.4) is 0 Å². The van der Waals surface area contributed by atoms with E-state index in [1.165, 1.54) is 6.26 Å². The first kappa shape index (κ1) is 15.6. The lowest BCUT2D eigenvalue weighted by Crippen LogP contribution is -2.15. The molecule has 0 amide bonds. The average molecular weight is 352 g/mol. The molecule has 0 atom stereocenters. The van der Waals surface area contributed by atoms with Crippen LogP contribution in [0.4, 0.5) is 0 Å². The summed E-state index contributed by atoms with van der Waals surface area (Å²) in [5.74, 6) is 1.06. The third-order valence-corrected chi connectivity index (χ3v) is 4.89. The zero-order chi connectivity index (χ0) is 16.1. The highest BCUT2D eigenvalue weighted by Crippen LogP contribution is 2.23. The Morgan fingerprint density at radius 1 is 1.09 bits per heavy atom. The number of para-hydroxylation sites is 1. The summed E-state index contributed by atoms with van der Waals surface area (Å²) in [5.41, 5.74) is 0. The van der Waals surface area contributed by atoms with Crippen LogP contribution in [0.25, 0.3) is 11.7 Å². The summed E-state index contributed by atoms with van der Waals surface area (Å²) >= 11 is 1.13. The van der Waals surface area contributed by atoms with Crippen LogP contribution < -0.4 is 4.18 Å². The monoisotopic (exact) mass is 352 g/mol. The minimum atomic E-state index is -3.67. The van der Waals surface area contributed by atoms with Crippen LogP contribution in [-0.2, 0) is 10.1 Å². The zero-order valence-corrected chi connectivity index (χ0v) is 13.4. The third kappa shape index (κ3) is 4.36. The van der Waals surface area contributed by atoms with Gasteiger partial charge < -0.3 is 13.0 Å². The first-order valence-corrected chi connectivity index (χ1v) is 9.16. The maximum atomic E-state index is 11.9. The third-order valence-electron chi connectivity index (χ3n) is 2.66. The van der Waals surface area contributed by atoms with Crippen LogP contribution in [0, 0.1) is 0 Å². The molecule has 7 nitrogen and oxygen atoms in total. The largest absolute Gasteiger partial charge is 0.459 e. The fourth-order valence-corrected chi connectivity index (χ4v) is 3.71. The Morgan fingerprint density at radius 2 is 1.91 bits per heavy atom. The van der Waals surface area contributed by atoms with Crippen LogP contribution in [-0.4, -0.2) is 30.1 Å². The van der Waals surface area contributed by atoms with E-state index in [4.69, 9.17) is 13.0 Å². The molecule has 23 heavy (non-hydrogen) atoms. The summed E-state index contributed by atoms with van der Waals surface area (Å²) in [7, 11) is -3.67. The van der Waals surface area contributed by atoms with Crippen LogP contribution >= 0.6 is 11.8 Å². The Morgan fingerprint density at radius 3 is 2.65 bits per heavy atom. The molecule has 9 heteroatoms. The van der Waals surface area contributed by atoms with Crippen molar-refractivity contribution < 1.29 is 21.4 Å². The van der Waals surface area contributed by atoms with Gasteiger partial charge in [0.15, 0.2) is 5.76 Å². The fraction of sp³-hybridized carbons (Fsp3) is 0.143. The maximum Gasteiger partial charge on any atom is 0.310 e. The van der Waals surface area contributed by atoms with E-state index in [2.05, 4.69) is 10.2 Å². The van der Waals surface area contributed by atoms with E-state index in [1.54, 1.807) is 42.5 Å². The Hall–Kier alpha value is -2.26. The summed E-state index contributed by atoms with van der Waals surface area (Å²) < 4.78 is 39.2. The van der Waals surface area contributed by atoms with Gasteiger partial charge >= 0.3 is 10.1 Å². The Labute approximate surface area is 136 Å². The van der Waals surface area contributed by atoms with Crippen LogP contribution in [0.15, 0.2) is 62.8 Å². The van der Waals surface area contributed by atoms with Crippen LogP contribution in [0.1, 0.15) is 0 Å². The van der Waals surface area contributed by atoms with Gasteiger partial charge in [0.25, 0.3) is 11.1 Å². The minimum Gasteiger partial charge on any atom is -0.459 e. The maximum absolute atomic E-state index is 11.9. The molecule has 0 bridgehead atoms. The standard InChI is InChI=1S/C14H12N2O5S2/c17-23(18,21-11-5-2-1-3-6-11)10-9-22-14-16-15-13(20-14)12-7-4-8-19-12/h1-8H,9-10H2. The molecule has 0 unspecified atom stereocenters. The van der Waals surface area contributed by atoms with E-state index in [0.29, 0.717) is 5.76 Å². The molecular weight excluding hydrogens is 340 g/mol. The van der Waals surface area contributed by atoms with Gasteiger partial charge in [0, 0.05) is 5.75 Å². The molecule has 2 heterocycles. The molecule has 3 rings (SSSR count). The van der Waals surface area contributed by atoms with E-state index in [1.807, 2.05) is 0 Å². The molecule has 0 fully saturated rings. The van der Waals surface area contributed by atoms with Crippen molar-refractivity contribution in [2.75, 3.05) is 11.5 Å². The second-order valence-corrected chi connectivity index (χ2v) is 7.09. The summed E-state index contributed by atoms with van der Waals surface area (Å²) in [6.45, 7) is 0. The van der Waals surface area contributed by atoms with Crippen LogP contribution in [0.2, 0.25) is 0 Å². The number of hydrogen-bond donors (Lipinski definition) is 0. The van der Waals surface area contributed by atoms with E-state index < -0.39 is 10.1 Å². The zero-order valence-electron chi connectivity index (χ0n) is 11.8.